The minimum absolute atomic E-state index is 0.283. The Labute approximate surface area is 101 Å². The first-order valence-corrected chi connectivity index (χ1v) is 7.62. The smallest absolute Gasteiger partial charge is 0.242 e. The lowest BCUT2D eigenvalue weighted by molar-refractivity contribution is 0.488. The van der Waals surface area contributed by atoms with E-state index in [1.807, 2.05) is 6.26 Å². The number of rotatable bonds is 5. The van der Waals surface area contributed by atoms with Gasteiger partial charge in [0.2, 0.25) is 10.0 Å². The summed E-state index contributed by atoms with van der Waals surface area (Å²) in [5.41, 5.74) is 6.08. The van der Waals surface area contributed by atoms with Crippen LogP contribution in [0.1, 0.15) is 0 Å². The van der Waals surface area contributed by atoms with E-state index in [0.29, 0.717) is 12.2 Å². The Morgan fingerprint density at radius 2 is 1.88 bits per heavy atom. The maximum absolute atomic E-state index is 12.0. The van der Waals surface area contributed by atoms with Gasteiger partial charge < -0.3 is 5.73 Å². The summed E-state index contributed by atoms with van der Waals surface area (Å²) in [5.74, 6) is 0.782. The third kappa shape index (κ3) is 3.13. The summed E-state index contributed by atoms with van der Waals surface area (Å²) in [5, 5.41) is 0. The van der Waals surface area contributed by atoms with Gasteiger partial charge in [-0.3, -0.25) is 0 Å². The lowest BCUT2D eigenvalue weighted by atomic mass is 10.3. The first-order chi connectivity index (χ1) is 7.48. The van der Waals surface area contributed by atoms with Crippen LogP contribution in [0.15, 0.2) is 29.2 Å². The topological polar surface area (TPSA) is 63.4 Å². The summed E-state index contributed by atoms with van der Waals surface area (Å²) in [6.45, 7) is 0.508. The van der Waals surface area contributed by atoms with Gasteiger partial charge in [-0.05, 0) is 30.5 Å². The zero-order valence-corrected chi connectivity index (χ0v) is 11.0. The molecule has 0 aliphatic rings. The number of hydrogen-bond donors (Lipinski definition) is 1. The van der Waals surface area contributed by atoms with Gasteiger partial charge in [0.15, 0.2) is 0 Å². The van der Waals surface area contributed by atoms with Gasteiger partial charge in [0.1, 0.15) is 0 Å². The van der Waals surface area contributed by atoms with Crippen molar-refractivity contribution in [2.24, 2.45) is 0 Å². The molecule has 0 aromatic heterocycles. The summed E-state index contributed by atoms with van der Waals surface area (Å²) < 4.78 is 25.4. The second-order valence-corrected chi connectivity index (χ2v) is 6.42. The number of sulfonamides is 1. The van der Waals surface area contributed by atoms with Crippen molar-refractivity contribution in [2.75, 3.05) is 31.3 Å². The highest BCUT2D eigenvalue weighted by Gasteiger charge is 2.19. The zero-order chi connectivity index (χ0) is 12.2. The number of nitrogens with zero attached hydrogens (tertiary/aromatic N) is 1. The van der Waals surface area contributed by atoms with Crippen molar-refractivity contribution in [3.05, 3.63) is 24.3 Å². The molecule has 90 valence electrons. The monoisotopic (exact) mass is 260 g/mol. The summed E-state index contributed by atoms with van der Waals surface area (Å²) in [4.78, 5) is 0.283. The molecule has 1 aromatic rings. The Hall–Kier alpha value is -0.720. The number of thioether (sulfide) groups is 1. The van der Waals surface area contributed by atoms with E-state index in [-0.39, 0.29) is 4.90 Å². The average molecular weight is 260 g/mol. The second-order valence-electron chi connectivity index (χ2n) is 3.39. The molecule has 1 aromatic carbocycles. The maximum Gasteiger partial charge on any atom is 0.242 e. The predicted molar refractivity (Wildman–Crippen MR) is 69.1 cm³/mol. The van der Waals surface area contributed by atoms with Crippen LogP contribution in [0, 0.1) is 0 Å². The molecule has 0 saturated heterocycles. The van der Waals surface area contributed by atoms with E-state index < -0.39 is 10.0 Å². The number of benzene rings is 1. The van der Waals surface area contributed by atoms with Gasteiger partial charge in [-0.2, -0.15) is 11.8 Å². The Morgan fingerprint density at radius 3 is 2.38 bits per heavy atom. The van der Waals surface area contributed by atoms with Crippen LogP contribution in [-0.2, 0) is 10.0 Å². The molecule has 0 bridgehead atoms. The van der Waals surface area contributed by atoms with Crippen molar-refractivity contribution in [1.29, 1.82) is 0 Å². The van der Waals surface area contributed by atoms with Crippen LogP contribution in [0.25, 0.3) is 0 Å². The quantitative estimate of drug-likeness (QED) is 0.809. The Kier molecular flexibility index (Phi) is 4.64. The lowest BCUT2D eigenvalue weighted by Gasteiger charge is -2.16. The molecule has 0 fully saturated rings. The van der Waals surface area contributed by atoms with Gasteiger partial charge in [0.25, 0.3) is 0 Å². The van der Waals surface area contributed by atoms with E-state index in [1.54, 1.807) is 30.9 Å². The van der Waals surface area contributed by atoms with Crippen LogP contribution in [0.4, 0.5) is 5.69 Å². The summed E-state index contributed by atoms with van der Waals surface area (Å²) in [6, 6.07) is 6.24. The molecule has 0 unspecified atom stereocenters. The van der Waals surface area contributed by atoms with Crippen molar-refractivity contribution >= 4 is 27.5 Å². The minimum Gasteiger partial charge on any atom is -0.399 e. The van der Waals surface area contributed by atoms with Gasteiger partial charge in [0.05, 0.1) is 4.90 Å². The fraction of sp³-hybridized carbons (Fsp3) is 0.400. The Bertz CT molecular complexity index is 429. The molecule has 0 aliphatic carbocycles. The third-order valence-electron chi connectivity index (χ3n) is 2.20. The molecule has 0 aliphatic heterocycles. The van der Waals surface area contributed by atoms with E-state index in [9.17, 15) is 8.42 Å². The normalized spacial score (nSPS) is 11.9. The zero-order valence-electron chi connectivity index (χ0n) is 9.38. The van der Waals surface area contributed by atoms with Gasteiger partial charge in [0, 0.05) is 25.0 Å². The second kappa shape index (κ2) is 5.56. The number of hydrogen-bond acceptors (Lipinski definition) is 4. The maximum atomic E-state index is 12.0. The number of nitrogens with two attached hydrogens (primary N) is 1. The standard InChI is InChI=1S/C10H16N2O2S2/c1-12(7-8-15-2)16(13,14)10-5-3-9(11)4-6-10/h3-6H,7-8,11H2,1-2H3. The molecule has 6 heteroatoms. The van der Waals surface area contributed by atoms with Crippen LogP contribution in [-0.4, -0.2) is 38.3 Å². The molecule has 2 N–H and O–H groups in total. The van der Waals surface area contributed by atoms with Crippen molar-refractivity contribution in [2.45, 2.75) is 4.90 Å². The van der Waals surface area contributed by atoms with Crippen LogP contribution >= 0.6 is 11.8 Å². The van der Waals surface area contributed by atoms with Crippen molar-refractivity contribution in [3.8, 4) is 0 Å². The molecule has 0 spiro atoms. The van der Waals surface area contributed by atoms with Gasteiger partial charge in [-0.15, -0.1) is 0 Å². The summed E-state index contributed by atoms with van der Waals surface area (Å²) in [6.07, 6.45) is 1.95. The van der Waals surface area contributed by atoms with Gasteiger partial charge in [-0.25, -0.2) is 12.7 Å². The minimum atomic E-state index is -3.36. The SMILES string of the molecule is CSCCN(C)S(=O)(=O)c1ccc(N)cc1. The van der Waals surface area contributed by atoms with E-state index in [2.05, 4.69) is 0 Å². The molecule has 1 rings (SSSR count). The van der Waals surface area contributed by atoms with E-state index >= 15 is 0 Å². The average Bonchev–Trinajstić information content (AvgIpc) is 2.26. The van der Waals surface area contributed by atoms with Crippen molar-refractivity contribution in [3.63, 3.8) is 0 Å². The summed E-state index contributed by atoms with van der Waals surface area (Å²) >= 11 is 1.62. The van der Waals surface area contributed by atoms with Gasteiger partial charge in [-0.1, -0.05) is 0 Å². The highest BCUT2D eigenvalue weighted by molar-refractivity contribution is 7.98. The number of nitrogen functional groups attached to an aromatic ring is 1. The fourth-order valence-electron chi connectivity index (χ4n) is 1.16. The molecule has 0 saturated carbocycles. The van der Waals surface area contributed by atoms with E-state index in [4.69, 9.17) is 5.73 Å². The molecular formula is C10H16N2O2S2. The first-order valence-electron chi connectivity index (χ1n) is 4.79. The highest BCUT2D eigenvalue weighted by atomic mass is 32.2. The molecule has 0 atom stereocenters. The lowest BCUT2D eigenvalue weighted by Crippen LogP contribution is -2.29. The summed E-state index contributed by atoms with van der Waals surface area (Å²) in [7, 11) is -1.78. The van der Waals surface area contributed by atoms with Crippen molar-refractivity contribution in [1.82, 2.24) is 4.31 Å². The molecule has 0 amide bonds. The van der Waals surface area contributed by atoms with Gasteiger partial charge >= 0.3 is 0 Å². The molecule has 0 heterocycles. The largest absolute Gasteiger partial charge is 0.399 e. The van der Waals surface area contributed by atoms with Crippen LogP contribution in [0.2, 0.25) is 0 Å². The highest BCUT2D eigenvalue weighted by Crippen LogP contribution is 2.16. The predicted octanol–water partition coefficient (Wildman–Crippen LogP) is 1.25. The van der Waals surface area contributed by atoms with Crippen LogP contribution < -0.4 is 5.73 Å². The molecule has 0 radical (unpaired) electrons. The molecule has 4 nitrogen and oxygen atoms in total. The first kappa shape index (κ1) is 13.3. The van der Waals surface area contributed by atoms with Crippen LogP contribution in [0.5, 0.6) is 0 Å². The van der Waals surface area contributed by atoms with E-state index in [1.165, 1.54) is 16.4 Å². The Morgan fingerprint density at radius 1 is 1.31 bits per heavy atom. The fourth-order valence-corrected chi connectivity index (χ4v) is 2.90. The van der Waals surface area contributed by atoms with Crippen LogP contribution in [0.3, 0.4) is 0 Å². The molecular weight excluding hydrogens is 244 g/mol. The Balaban J connectivity index is 2.89. The van der Waals surface area contributed by atoms with E-state index in [0.717, 1.165) is 5.75 Å². The number of anilines is 1. The van der Waals surface area contributed by atoms with Crippen molar-refractivity contribution < 1.29 is 8.42 Å². The third-order valence-corrected chi connectivity index (χ3v) is 4.66. The molecule has 16 heavy (non-hydrogen) atoms.